The Morgan fingerprint density at radius 2 is 1.82 bits per heavy atom. The fourth-order valence-electron chi connectivity index (χ4n) is 2.19. The summed E-state index contributed by atoms with van der Waals surface area (Å²) in [5.74, 6) is -0.208. The zero-order valence-corrected chi connectivity index (χ0v) is 12.7. The normalized spacial score (nSPS) is 12.0. The minimum absolute atomic E-state index is 0.0924. The van der Waals surface area contributed by atoms with Gasteiger partial charge >= 0.3 is 0 Å². The molecule has 0 aliphatic rings. The number of aliphatic hydroxyl groups excluding tert-OH is 1. The Labute approximate surface area is 129 Å². The van der Waals surface area contributed by atoms with E-state index in [4.69, 9.17) is 9.47 Å². The molecule has 118 valence electrons. The number of halogens is 1. The summed E-state index contributed by atoms with van der Waals surface area (Å²) in [5, 5.41) is 12.9. The van der Waals surface area contributed by atoms with Gasteiger partial charge in [0.05, 0.1) is 18.8 Å². The molecule has 2 rings (SSSR count). The lowest BCUT2D eigenvalue weighted by molar-refractivity contribution is 0.166. The van der Waals surface area contributed by atoms with Gasteiger partial charge in [0.15, 0.2) is 11.6 Å². The molecule has 0 saturated heterocycles. The molecule has 0 heterocycles. The molecule has 1 atom stereocenters. The van der Waals surface area contributed by atoms with Crippen LogP contribution in [0.5, 0.6) is 11.5 Å². The standard InChI is InChI=1S/C17H20FNO3/c1-19-10-13(20)16-14(21-2)8-9-15(17(16)18)22-11-12-6-4-3-5-7-12/h3-9,13,19-20H,10-11H2,1-2H3. The smallest absolute Gasteiger partial charge is 0.174 e. The highest BCUT2D eigenvalue weighted by Crippen LogP contribution is 2.33. The van der Waals surface area contributed by atoms with Crippen molar-refractivity contribution in [2.75, 3.05) is 20.7 Å². The van der Waals surface area contributed by atoms with Crippen molar-refractivity contribution in [3.05, 3.63) is 59.4 Å². The van der Waals surface area contributed by atoms with Crippen molar-refractivity contribution in [3.63, 3.8) is 0 Å². The summed E-state index contributed by atoms with van der Waals surface area (Å²) in [6, 6.07) is 12.6. The van der Waals surface area contributed by atoms with E-state index in [1.165, 1.54) is 13.2 Å². The Balaban J connectivity index is 2.23. The van der Waals surface area contributed by atoms with Crippen molar-refractivity contribution in [2.24, 2.45) is 0 Å². The number of aliphatic hydroxyl groups is 1. The first kappa shape index (κ1) is 16.3. The van der Waals surface area contributed by atoms with Gasteiger partial charge in [-0.2, -0.15) is 0 Å². The molecule has 0 aromatic heterocycles. The van der Waals surface area contributed by atoms with Crippen molar-refractivity contribution in [3.8, 4) is 11.5 Å². The van der Waals surface area contributed by atoms with Gasteiger partial charge in [-0.05, 0) is 24.7 Å². The van der Waals surface area contributed by atoms with E-state index in [-0.39, 0.29) is 24.5 Å². The predicted octanol–water partition coefficient (Wildman–Crippen LogP) is 2.67. The molecule has 1 unspecified atom stereocenters. The molecule has 2 N–H and O–H groups in total. The van der Waals surface area contributed by atoms with Gasteiger partial charge < -0.3 is 19.9 Å². The average Bonchev–Trinajstić information content (AvgIpc) is 2.54. The summed E-state index contributed by atoms with van der Waals surface area (Å²) >= 11 is 0. The summed E-state index contributed by atoms with van der Waals surface area (Å²) in [7, 11) is 3.12. The molecule has 2 aromatic carbocycles. The van der Waals surface area contributed by atoms with Crippen LogP contribution in [0.15, 0.2) is 42.5 Å². The number of rotatable bonds is 7. The molecule has 0 fully saturated rings. The molecule has 0 saturated carbocycles. The Hall–Kier alpha value is -2.11. The zero-order chi connectivity index (χ0) is 15.9. The Morgan fingerprint density at radius 3 is 2.45 bits per heavy atom. The topological polar surface area (TPSA) is 50.7 Å². The summed E-state index contributed by atoms with van der Waals surface area (Å²) < 4.78 is 25.3. The SMILES string of the molecule is CNCC(O)c1c(OC)ccc(OCc2ccccc2)c1F. The summed E-state index contributed by atoms with van der Waals surface area (Å²) in [6.45, 7) is 0.473. The number of likely N-dealkylation sites (N-methyl/N-ethyl adjacent to an activating group) is 1. The lowest BCUT2D eigenvalue weighted by Crippen LogP contribution is -2.18. The van der Waals surface area contributed by atoms with Gasteiger partial charge in [-0.15, -0.1) is 0 Å². The number of ether oxygens (including phenoxy) is 2. The third-order valence-electron chi connectivity index (χ3n) is 3.29. The van der Waals surface area contributed by atoms with Gasteiger partial charge in [-0.25, -0.2) is 4.39 Å². The maximum absolute atomic E-state index is 14.6. The van der Waals surface area contributed by atoms with Crippen molar-refractivity contribution in [1.82, 2.24) is 5.32 Å². The third kappa shape index (κ3) is 3.75. The maximum Gasteiger partial charge on any atom is 0.174 e. The van der Waals surface area contributed by atoms with Crippen LogP contribution in [0.1, 0.15) is 17.2 Å². The van der Waals surface area contributed by atoms with Gasteiger partial charge in [0.1, 0.15) is 12.4 Å². The van der Waals surface area contributed by atoms with E-state index in [0.717, 1.165) is 5.56 Å². The van der Waals surface area contributed by atoms with Crippen LogP contribution in [0.4, 0.5) is 4.39 Å². The predicted molar refractivity (Wildman–Crippen MR) is 82.6 cm³/mol. The fourth-order valence-corrected chi connectivity index (χ4v) is 2.19. The van der Waals surface area contributed by atoms with E-state index in [9.17, 15) is 9.50 Å². The van der Waals surface area contributed by atoms with E-state index >= 15 is 0 Å². The molecule has 0 amide bonds. The number of hydrogen-bond donors (Lipinski definition) is 2. The fraction of sp³-hybridized carbons (Fsp3) is 0.294. The molecule has 4 nitrogen and oxygen atoms in total. The van der Waals surface area contributed by atoms with Crippen LogP contribution < -0.4 is 14.8 Å². The highest BCUT2D eigenvalue weighted by atomic mass is 19.1. The number of nitrogens with one attached hydrogen (secondary N) is 1. The van der Waals surface area contributed by atoms with E-state index < -0.39 is 11.9 Å². The first-order valence-corrected chi connectivity index (χ1v) is 7.03. The van der Waals surface area contributed by atoms with Crippen LogP contribution in [-0.2, 0) is 6.61 Å². The number of methoxy groups -OCH3 is 1. The van der Waals surface area contributed by atoms with Gasteiger partial charge in [0.25, 0.3) is 0 Å². The van der Waals surface area contributed by atoms with E-state index in [1.807, 2.05) is 30.3 Å². The molecule has 2 aromatic rings. The van der Waals surface area contributed by atoms with Crippen LogP contribution >= 0.6 is 0 Å². The minimum Gasteiger partial charge on any atom is -0.496 e. The van der Waals surface area contributed by atoms with Crippen molar-refractivity contribution >= 4 is 0 Å². The highest BCUT2D eigenvalue weighted by molar-refractivity contribution is 5.43. The minimum atomic E-state index is -1.01. The zero-order valence-electron chi connectivity index (χ0n) is 12.7. The lowest BCUT2D eigenvalue weighted by Gasteiger charge is -2.17. The van der Waals surface area contributed by atoms with E-state index in [0.29, 0.717) is 5.75 Å². The van der Waals surface area contributed by atoms with Gasteiger partial charge in [0, 0.05) is 6.54 Å². The second kappa shape index (κ2) is 7.77. The second-order valence-electron chi connectivity index (χ2n) is 4.84. The van der Waals surface area contributed by atoms with Crippen LogP contribution in [0.25, 0.3) is 0 Å². The number of benzene rings is 2. The van der Waals surface area contributed by atoms with Crippen LogP contribution in [0.3, 0.4) is 0 Å². The van der Waals surface area contributed by atoms with Gasteiger partial charge in [-0.1, -0.05) is 30.3 Å². The van der Waals surface area contributed by atoms with Crippen LogP contribution in [0, 0.1) is 5.82 Å². The maximum atomic E-state index is 14.6. The van der Waals surface area contributed by atoms with E-state index in [1.54, 1.807) is 13.1 Å². The summed E-state index contributed by atoms with van der Waals surface area (Å²) in [5.41, 5.74) is 1.04. The second-order valence-corrected chi connectivity index (χ2v) is 4.84. The first-order chi connectivity index (χ1) is 10.7. The largest absolute Gasteiger partial charge is 0.496 e. The van der Waals surface area contributed by atoms with Crippen molar-refractivity contribution < 1.29 is 19.0 Å². The molecule has 0 aliphatic carbocycles. The Bertz CT molecular complexity index is 604. The van der Waals surface area contributed by atoms with Crippen LogP contribution in [-0.4, -0.2) is 25.8 Å². The molecular weight excluding hydrogens is 285 g/mol. The lowest BCUT2D eigenvalue weighted by atomic mass is 10.1. The quantitative estimate of drug-likeness (QED) is 0.826. The van der Waals surface area contributed by atoms with Gasteiger partial charge in [-0.3, -0.25) is 0 Å². The Kier molecular flexibility index (Phi) is 5.75. The van der Waals surface area contributed by atoms with E-state index in [2.05, 4.69) is 5.32 Å². The third-order valence-corrected chi connectivity index (χ3v) is 3.29. The molecule has 0 radical (unpaired) electrons. The number of hydrogen-bond acceptors (Lipinski definition) is 4. The first-order valence-electron chi connectivity index (χ1n) is 7.03. The molecule has 0 bridgehead atoms. The molecule has 0 spiro atoms. The molecular formula is C17H20FNO3. The summed E-state index contributed by atoms with van der Waals surface area (Å²) in [4.78, 5) is 0. The molecule has 5 heteroatoms. The highest BCUT2D eigenvalue weighted by Gasteiger charge is 2.21. The van der Waals surface area contributed by atoms with Gasteiger partial charge in [0.2, 0.25) is 0 Å². The summed E-state index contributed by atoms with van der Waals surface area (Å²) in [6.07, 6.45) is -1.01. The molecule has 0 aliphatic heterocycles. The molecule has 22 heavy (non-hydrogen) atoms. The van der Waals surface area contributed by atoms with Crippen molar-refractivity contribution in [1.29, 1.82) is 0 Å². The average molecular weight is 305 g/mol. The van der Waals surface area contributed by atoms with Crippen molar-refractivity contribution in [2.45, 2.75) is 12.7 Å². The monoisotopic (exact) mass is 305 g/mol. The van der Waals surface area contributed by atoms with Crippen LogP contribution in [0.2, 0.25) is 0 Å². The Morgan fingerprint density at radius 1 is 1.14 bits per heavy atom.